The lowest BCUT2D eigenvalue weighted by atomic mass is 10.1. The number of hydrogen-bond donors (Lipinski definition) is 0. The fraction of sp³-hybridized carbons (Fsp3) is 0.333. The highest BCUT2D eigenvalue weighted by atomic mass is 16.5. The molecule has 0 fully saturated rings. The Bertz CT molecular complexity index is 561. The molecule has 0 spiro atoms. The third-order valence-corrected chi connectivity index (χ3v) is 2.82. The maximum Gasteiger partial charge on any atom is 0.214 e. The summed E-state index contributed by atoms with van der Waals surface area (Å²) >= 11 is 0. The van der Waals surface area contributed by atoms with E-state index in [0.29, 0.717) is 23.6 Å². The van der Waals surface area contributed by atoms with Gasteiger partial charge >= 0.3 is 0 Å². The molecule has 0 aliphatic carbocycles. The first-order chi connectivity index (χ1) is 9.27. The van der Waals surface area contributed by atoms with E-state index < -0.39 is 0 Å². The second-order valence-electron chi connectivity index (χ2n) is 4.20. The van der Waals surface area contributed by atoms with E-state index in [0.717, 1.165) is 13.0 Å². The van der Waals surface area contributed by atoms with Crippen LogP contribution in [-0.4, -0.2) is 22.2 Å². The van der Waals surface area contributed by atoms with Crippen molar-refractivity contribution in [3.8, 4) is 5.75 Å². The quantitative estimate of drug-likeness (QED) is 0.748. The first-order valence-electron chi connectivity index (χ1n) is 6.56. The van der Waals surface area contributed by atoms with Gasteiger partial charge in [0.15, 0.2) is 0 Å². The molecule has 19 heavy (non-hydrogen) atoms. The second-order valence-corrected chi connectivity index (χ2v) is 4.20. The molecule has 0 N–H and O–H groups in total. The van der Waals surface area contributed by atoms with Gasteiger partial charge in [0.05, 0.1) is 12.2 Å². The monoisotopic (exact) mass is 258 g/mol. The summed E-state index contributed by atoms with van der Waals surface area (Å²) in [7, 11) is 0. The highest BCUT2D eigenvalue weighted by Gasteiger charge is 2.17. The van der Waals surface area contributed by atoms with E-state index in [1.165, 1.54) is 0 Å². The Hall–Kier alpha value is -2.10. The van der Waals surface area contributed by atoms with Gasteiger partial charge in [-0.3, -0.25) is 9.48 Å². The van der Waals surface area contributed by atoms with Crippen molar-refractivity contribution in [1.29, 1.82) is 0 Å². The van der Waals surface area contributed by atoms with Gasteiger partial charge in [-0.1, -0.05) is 19.1 Å². The van der Waals surface area contributed by atoms with Crippen LogP contribution in [0.4, 0.5) is 0 Å². The van der Waals surface area contributed by atoms with Gasteiger partial charge in [-0.25, -0.2) is 0 Å². The Morgan fingerprint density at radius 1 is 1.26 bits per heavy atom. The lowest BCUT2D eigenvalue weighted by molar-refractivity contribution is 0.102. The molecular weight excluding hydrogens is 240 g/mol. The Kier molecular flexibility index (Phi) is 4.34. The van der Waals surface area contributed by atoms with Crippen LogP contribution in [0.25, 0.3) is 0 Å². The number of carbonyl (C=O) groups excluding carboxylic acids is 1. The molecular formula is C15H18N2O2. The summed E-state index contributed by atoms with van der Waals surface area (Å²) in [6.45, 7) is 5.25. The number of aromatic nitrogens is 2. The van der Waals surface area contributed by atoms with Gasteiger partial charge in [0.1, 0.15) is 11.4 Å². The Balaban J connectivity index is 2.36. The molecule has 1 heterocycles. The van der Waals surface area contributed by atoms with Gasteiger partial charge in [-0.2, -0.15) is 5.10 Å². The van der Waals surface area contributed by atoms with Crippen LogP contribution < -0.4 is 4.74 Å². The van der Waals surface area contributed by atoms with E-state index in [-0.39, 0.29) is 5.78 Å². The fourth-order valence-corrected chi connectivity index (χ4v) is 1.99. The molecule has 0 unspecified atom stereocenters. The average Bonchev–Trinajstić information content (AvgIpc) is 2.88. The van der Waals surface area contributed by atoms with Gasteiger partial charge in [-0.15, -0.1) is 0 Å². The number of para-hydroxylation sites is 1. The van der Waals surface area contributed by atoms with Crippen molar-refractivity contribution >= 4 is 5.78 Å². The summed E-state index contributed by atoms with van der Waals surface area (Å²) < 4.78 is 7.25. The highest BCUT2D eigenvalue weighted by Crippen LogP contribution is 2.21. The molecule has 4 nitrogen and oxygen atoms in total. The Labute approximate surface area is 113 Å². The number of nitrogens with zero attached hydrogens (tertiary/aromatic N) is 2. The van der Waals surface area contributed by atoms with Gasteiger partial charge in [0.2, 0.25) is 5.78 Å². The topological polar surface area (TPSA) is 44.1 Å². The minimum Gasteiger partial charge on any atom is -0.493 e. The number of benzene rings is 1. The number of ketones is 1. The molecule has 1 aromatic carbocycles. The molecule has 0 radical (unpaired) electrons. The average molecular weight is 258 g/mol. The van der Waals surface area contributed by atoms with Crippen molar-refractivity contribution in [2.75, 3.05) is 6.61 Å². The summed E-state index contributed by atoms with van der Waals surface area (Å²) in [4.78, 5) is 12.6. The zero-order chi connectivity index (χ0) is 13.7. The minimum atomic E-state index is -0.0463. The number of aryl methyl sites for hydroxylation is 1. The number of carbonyl (C=O) groups is 1. The number of ether oxygens (including phenoxy) is 1. The van der Waals surface area contributed by atoms with Crippen LogP contribution in [0.1, 0.15) is 36.3 Å². The van der Waals surface area contributed by atoms with Gasteiger partial charge in [0, 0.05) is 12.7 Å². The van der Waals surface area contributed by atoms with Crippen LogP contribution in [-0.2, 0) is 6.54 Å². The molecule has 0 saturated carbocycles. The molecule has 0 amide bonds. The maximum absolute atomic E-state index is 12.6. The summed E-state index contributed by atoms with van der Waals surface area (Å²) in [6.07, 6.45) is 2.60. The van der Waals surface area contributed by atoms with E-state index in [1.807, 2.05) is 25.1 Å². The Morgan fingerprint density at radius 2 is 2.05 bits per heavy atom. The molecule has 0 saturated heterocycles. The standard InChI is InChI=1S/C15H18N2O2/c1-3-11-17-13(9-10-16-17)15(18)12-7-5-6-8-14(12)19-4-2/h5-10H,3-4,11H2,1-2H3. The van der Waals surface area contributed by atoms with Crippen LogP contribution in [0.5, 0.6) is 5.75 Å². The van der Waals surface area contributed by atoms with E-state index in [4.69, 9.17) is 4.74 Å². The van der Waals surface area contributed by atoms with Crippen molar-refractivity contribution in [3.05, 3.63) is 47.8 Å². The van der Waals surface area contributed by atoms with Crippen molar-refractivity contribution in [1.82, 2.24) is 9.78 Å². The minimum absolute atomic E-state index is 0.0463. The molecule has 0 aliphatic rings. The summed E-state index contributed by atoms with van der Waals surface area (Å²) in [6, 6.07) is 9.07. The van der Waals surface area contributed by atoms with Crippen molar-refractivity contribution in [2.45, 2.75) is 26.8 Å². The molecule has 2 rings (SSSR count). The normalized spacial score (nSPS) is 10.4. The van der Waals surface area contributed by atoms with Crippen molar-refractivity contribution in [2.24, 2.45) is 0 Å². The third-order valence-electron chi connectivity index (χ3n) is 2.82. The summed E-state index contributed by atoms with van der Waals surface area (Å²) in [5.41, 5.74) is 1.19. The third kappa shape index (κ3) is 2.84. The van der Waals surface area contributed by atoms with Gasteiger partial charge in [0.25, 0.3) is 0 Å². The van der Waals surface area contributed by atoms with E-state index in [9.17, 15) is 4.79 Å². The highest BCUT2D eigenvalue weighted by molar-refractivity contribution is 6.09. The zero-order valence-electron chi connectivity index (χ0n) is 11.3. The van der Waals surface area contributed by atoms with Crippen LogP contribution in [0.2, 0.25) is 0 Å². The van der Waals surface area contributed by atoms with Gasteiger partial charge < -0.3 is 4.74 Å². The Morgan fingerprint density at radius 3 is 2.79 bits per heavy atom. The maximum atomic E-state index is 12.6. The summed E-state index contributed by atoms with van der Waals surface area (Å²) in [5, 5.41) is 4.18. The van der Waals surface area contributed by atoms with Crippen LogP contribution in [0, 0.1) is 0 Å². The second kappa shape index (κ2) is 6.18. The predicted molar refractivity (Wildman–Crippen MR) is 73.6 cm³/mol. The lowest BCUT2D eigenvalue weighted by Gasteiger charge is -2.10. The molecule has 4 heteroatoms. The number of hydrogen-bond acceptors (Lipinski definition) is 3. The van der Waals surface area contributed by atoms with E-state index in [1.54, 1.807) is 23.0 Å². The fourth-order valence-electron chi connectivity index (χ4n) is 1.99. The molecule has 0 bridgehead atoms. The smallest absolute Gasteiger partial charge is 0.214 e. The van der Waals surface area contributed by atoms with Crippen LogP contribution in [0.15, 0.2) is 36.5 Å². The largest absolute Gasteiger partial charge is 0.493 e. The molecule has 0 atom stereocenters. The van der Waals surface area contributed by atoms with E-state index in [2.05, 4.69) is 12.0 Å². The van der Waals surface area contributed by atoms with Crippen molar-refractivity contribution < 1.29 is 9.53 Å². The molecule has 2 aromatic rings. The van der Waals surface area contributed by atoms with E-state index >= 15 is 0 Å². The van der Waals surface area contributed by atoms with Crippen molar-refractivity contribution in [3.63, 3.8) is 0 Å². The van der Waals surface area contributed by atoms with Crippen LogP contribution >= 0.6 is 0 Å². The molecule has 1 aromatic heterocycles. The lowest BCUT2D eigenvalue weighted by Crippen LogP contribution is -2.12. The summed E-state index contributed by atoms with van der Waals surface area (Å²) in [5.74, 6) is 0.578. The van der Waals surface area contributed by atoms with Gasteiger partial charge in [-0.05, 0) is 31.5 Å². The molecule has 0 aliphatic heterocycles. The number of rotatable bonds is 6. The SMILES string of the molecule is CCCn1nccc1C(=O)c1ccccc1OCC. The predicted octanol–water partition coefficient (Wildman–Crippen LogP) is 2.92. The first-order valence-corrected chi connectivity index (χ1v) is 6.56. The first kappa shape index (κ1) is 13.3. The van der Waals surface area contributed by atoms with Crippen LogP contribution in [0.3, 0.4) is 0 Å². The zero-order valence-corrected chi connectivity index (χ0v) is 11.3. The molecule has 100 valence electrons.